The number of nitrogens with zero attached hydrogens (tertiary/aromatic N) is 5. The van der Waals surface area contributed by atoms with Gasteiger partial charge in [0.05, 0.1) is 6.61 Å². The number of fused-ring (bicyclic) bond motifs is 1. The smallest absolute Gasteiger partial charge is 0.254 e. The second-order valence-electron chi connectivity index (χ2n) is 5.58. The van der Waals surface area contributed by atoms with Crippen molar-refractivity contribution in [3.63, 3.8) is 0 Å². The predicted molar refractivity (Wildman–Crippen MR) is 82.8 cm³/mol. The molecule has 1 fully saturated rings. The van der Waals surface area contributed by atoms with Crippen molar-refractivity contribution in [2.75, 3.05) is 24.6 Å². The molecule has 0 saturated carbocycles. The van der Waals surface area contributed by atoms with Crippen molar-refractivity contribution in [1.82, 2.24) is 19.6 Å². The van der Waals surface area contributed by atoms with Gasteiger partial charge < -0.3 is 9.64 Å². The van der Waals surface area contributed by atoms with Crippen molar-refractivity contribution in [3.8, 4) is 0 Å². The summed E-state index contributed by atoms with van der Waals surface area (Å²) >= 11 is 0. The van der Waals surface area contributed by atoms with Gasteiger partial charge in [-0.3, -0.25) is 0 Å². The van der Waals surface area contributed by atoms with Gasteiger partial charge in [0.15, 0.2) is 0 Å². The van der Waals surface area contributed by atoms with Crippen molar-refractivity contribution in [2.24, 2.45) is 0 Å². The van der Waals surface area contributed by atoms with Crippen molar-refractivity contribution in [2.45, 2.75) is 13.0 Å². The van der Waals surface area contributed by atoms with Crippen LogP contribution in [0.3, 0.4) is 0 Å². The van der Waals surface area contributed by atoms with Crippen LogP contribution in [0.5, 0.6) is 0 Å². The Labute approximate surface area is 132 Å². The normalized spacial score (nSPS) is 18.5. The number of aryl methyl sites for hydroxylation is 1. The lowest BCUT2D eigenvalue weighted by Gasteiger charge is -2.34. The number of hydrogen-bond donors (Lipinski definition) is 0. The van der Waals surface area contributed by atoms with Crippen LogP contribution >= 0.6 is 0 Å². The van der Waals surface area contributed by atoms with E-state index in [4.69, 9.17) is 4.74 Å². The molecule has 23 heavy (non-hydrogen) atoms. The van der Waals surface area contributed by atoms with Crippen molar-refractivity contribution >= 4 is 11.6 Å². The Balaban J connectivity index is 1.66. The van der Waals surface area contributed by atoms with Gasteiger partial charge in [-0.05, 0) is 24.6 Å². The SMILES string of the molecule is Cc1cc(N2CCOC(c3ccc(F)cc3)C2)n2ncnc2n1. The third-order valence-corrected chi connectivity index (χ3v) is 3.99. The van der Waals surface area contributed by atoms with Gasteiger partial charge in [0, 0.05) is 24.8 Å². The number of benzene rings is 1. The van der Waals surface area contributed by atoms with Crippen LogP contribution < -0.4 is 4.90 Å². The highest BCUT2D eigenvalue weighted by molar-refractivity contribution is 5.47. The van der Waals surface area contributed by atoms with Crippen LogP contribution in [0.1, 0.15) is 17.4 Å². The summed E-state index contributed by atoms with van der Waals surface area (Å²) in [6, 6.07) is 8.46. The summed E-state index contributed by atoms with van der Waals surface area (Å²) in [5.74, 6) is 1.29. The molecule has 1 unspecified atom stereocenters. The van der Waals surface area contributed by atoms with Gasteiger partial charge in [-0.2, -0.15) is 14.6 Å². The molecule has 0 N–H and O–H groups in total. The molecule has 1 saturated heterocycles. The molecule has 6 nitrogen and oxygen atoms in total. The van der Waals surface area contributed by atoms with Gasteiger partial charge in [-0.25, -0.2) is 9.37 Å². The van der Waals surface area contributed by atoms with Crippen LogP contribution in [0.25, 0.3) is 5.78 Å². The average molecular weight is 313 g/mol. The highest BCUT2D eigenvalue weighted by Crippen LogP contribution is 2.26. The summed E-state index contributed by atoms with van der Waals surface area (Å²) in [5.41, 5.74) is 1.86. The van der Waals surface area contributed by atoms with E-state index in [1.54, 1.807) is 16.6 Å². The number of halogens is 1. The fourth-order valence-corrected chi connectivity index (χ4v) is 2.87. The average Bonchev–Trinajstić information content (AvgIpc) is 3.03. The molecule has 1 aliphatic heterocycles. The first kappa shape index (κ1) is 14.1. The van der Waals surface area contributed by atoms with Crippen LogP contribution in [0.2, 0.25) is 0 Å². The number of aromatic nitrogens is 4. The van der Waals surface area contributed by atoms with Gasteiger partial charge in [-0.15, -0.1) is 0 Å². The minimum absolute atomic E-state index is 0.101. The standard InChI is InChI=1S/C16H16FN5O/c1-11-8-15(22-16(20-11)18-10-19-22)21-6-7-23-14(9-21)12-2-4-13(17)5-3-12/h2-5,8,10,14H,6-7,9H2,1H3. The van der Waals surface area contributed by atoms with E-state index in [0.717, 1.165) is 23.6 Å². The minimum atomic E-state index is -0.240. The molecule has 3 heterocycles. The topological polar surface area (TPSA) is 55.6 Å². The molecule has 0 aliphatic carbocycles. The molecule has 0 amide bonds. The first-order chi connectivity index (χ1) is 11.2. The number of anilines is 1. The van der Waals surface area contributed by atoms with Crippen molar-refractivity contribution in [3.05, 3.63) is 53.7 Å². The van der Waals surface area contributed by atoms with Crippen LogP contribution in [-0.2, 0) is 4.74 Å². The van der Waals surface area contributed by atoms with E-state index in [-0.39, 0.29) is 11.9 Å². The van der Waals surface area contributed by atoms with Crippen LogP contribution in [-0.4, -0.2) is 39.3 Å². The van der Waals surface area contributed by atoms with Gasteiger partial charge in [0.2, 0.25) is 0 Å². The summed E-state index contributed by atoms with van der Waals surface area (Å²) in [5, 5.41) is 4.26. The van der Waals surface area contributed by atoms with E-state index >= 15 is 0 Å². The molecule has 0 radical (unpaired) electrons. The molecule has 7 heteroatoms. The summed E-state index contributed by atoms with van der Waals surface area (Å²) in [6.07, 6.45) is 1.40. The zero-order valence-corrected chi connectivity index (χ0v) is 12.7. The number of morpholine rings is 1. The Morgan fingerprint density at radius 3 is 2.91 bits per heavy atom. The lowest BCUT2D eigenvalue weighted by atomic mass is 10.1. The molecule has 3 aromatic rings. The molecular weight excluding hydrogens is 297 g/mol. The van der Waals surface area contributed by atoms with Gasteiger partial charge >= 0.3 is 0 Å². The maximum Gasteiger partial charge on any atom is 0.254 e. The van der Waals surface area contributed by atoms with Crippen LogP contribution in [0, 0.1) is 12.7 Å². The van der Waals surface area contributed by atoms with Crippen LogP contribution in [0.4, 0.5) is 10.2 Å². The molecule has 1 atom stereocenters. The lowest BCUT2D eigenvalue weighted by molar-refractivity contribution is 0.0393. The molecule has 4 rings (SSSR count). The number of hydrogen-bond acceptors (Lipinski definition) is 5. The molecule has 0 bridgehead atoms. The maximum absolute atomic E-state index is 13.1. The van der Waals surface area contributed by atoms with Gasteiger partial charge in [0.1, 0.15) is 24.1 Å². The van der Waals surface area contributed by atoms with E-state index in [2.05, 4.69) is 20.0 Å². The van der Waals surface area contributed by atoms with E-state index in [0.29, 0.717) is 18.9 Å². The first-order valence-corrected chi connectivity index (χ1v) is 7.50. The van der Waals surface area contributed by atoms with Crippen molar-refractivity contribution < 1.29 is 9.13 Å². The molecule has 0 spiro atoms. The Morgan fingerprint density at radius 2 is 2.09 bits per heavy atom. The molecule has 118 valence electrons. The van der Waals surface area contributed by atoms with Gasteiger partial charge in [0.25, 0.3) is 5.78 Å². The largest absolute Gasteiger partial charge is 0.370 e. The number of rotatable bonds is 2. The number of ether oxygens (including phenoxy) is 1. The quantitative estimate of drug-likeness (QED) is 0.725. The Hall–Kier alpha value is -2.54. The van der Waals surface area contributed by atoms with E-state index < -0.39 is 0 Å². The highest BCUT2D eigenvalue weighted by Gasteiger charge is 2.24. The lowest BCUT2D eigenvalue weighted by Crippen LogP contribution is -2.39. The van der Waals surface area contributed by atoms with E-state index in [9.17, 15) is 4.39 Å². The molecule has 1 aromatic carbocycles. The van der Waals surface area contributed by atoms with E-state index in [1.807, 2.05) is 13.0 Å². The fourth-order valence-electron chi connectivity index (χ4n) is 2.87. The fraction of sp³-hybridized carbons (Fsp3) is 0.312. The Kier molecular flexibility index (Phi) is 3.42. The predicted octanol–water partition coefficient (Wildman–Crippen LogP) is 2.15. The van der Waals surface area contributed by atoms with E-state index in [1.165, 1.54) is 18.5 Å². The zero-order chi connectivity index (χ0) is 15.8. The summed E-state index contributed by atoms with van der Waals surface area (Å²) in [4.78, 5) is 10.7. The second kappa shape index (κ2) is 5.58. The third kappa shape index (κ3) is 2.63. The van der Waals surface area contributed by atoms with Gasteiger partial charge in [-0.1, -0.05) is 12.1 Å². The summed E-state index contributed by atoms with van der Waals surface area (Å²) in [6.45, 7) is 3.97. The molecule has 1 aliphatic rings. The third-order valence-electron chi connectivity index (χ3n) is 3.99. The Bertz CT molecular complexity index is 832. The molecule has 2 aromatic heterocycles. The maximum atomic E-state index is 13.1. The minimum Gasteiger partial charge on any atom is -0.370 e. The summed E-state index contributed by atoms with van der Waals surface area (Å²) in [7, 11) is 0. The van der Waals surface area contributed by atoms with Crippen molar-refractivity contribution in [1.29, 1.82) is 0 Å². The first-order valence-electron chi connectivity index (χ1n) is 7.50. The highest BCUT2D eigenvalue weighted by atomic mass is 19.1. The second-order valence-corrected chi connectivity index (χ2v) is 5.58. The zero-order valence-electron chi connectivity index (χ0n) is 12.7. The Morgan fingerprint density at radius 1 is 1.26 bits per heavy atom. The molecular formula is C16H16FN5O. The van der Waals surface area contributed by atoms with Crippen LogP contribution in [0.15, 0.2) is 36.7 Å². The summed E-state index contributed by atoms with van der Waals surface area (Å²) < 4.78 is 20.7. The monoisotopic (exact) mass is 313 g/mol.